The van der Waals surface area contributed by atoms with Crippen LogP contribution in [0.2, 0.25) is 0 Å². The number of amides is 1. The van der Waals surface area contributed by atoms with Gasteiger partial charge in [-0.3, -0.25) is 9.88 Å². The monoisotopic (exact) mass is 760 g/mol. The second-order valence-corrected chi connectivity index (χ2v) is 16.3. The number of hydrogen-bond donors (Lipinski definition) is 0. The Bertz CT molecular complexity index is 2000. The SMILES string of the molecule is CCc1c(F)ccc2cc(OCOC)cc(-c3ncc4c(N5CCCCCCC5)nc(OCC5(CN6CCN(C(=O)OC(C)(C)C)CC6)CC5)nc4c3F)c12. The topological polar surface area (TPSA) is 102 Å². The summed E-state index contributed by atoms with van der Waals surface area (Å²) >= 11 is 0. The summed E-state index contributed by atoms with van der Waals surface area (Å²) in [6.45, 7) is 13.0. The minimum atomic E-state index is -0.626. The van der Waals surface area contributed by atoms with Gasteiger partial charge in [-0.15, -0.1) is 0 Å². The van der Waals surface area contributed by atoms with E-state index < -0.39 is 11.4 Å². The van der Waals surface area contributed by atoms with Crippen molar-refractivity contribution in [2.45, 2.75) is 84.7 Å². The second kappa shape index (κ2) is 16.4. The van der Waals surface area contributed by atoms with Crippen LogP contribution in [0.15, 0.2) is 30.5 Å². The van der Waals surface area contributed by atoms with E-state index in [-0.39, 0.29) is 41.3 Å². The molecule has 3 fully saturated rings. The molecule has 4 heterocycles. The molecule has 55 heavy (non-hydrogen) atoms. The number of aryl methyl sites for hydroxylation is 1. The molecule has 0 unspecified atom stereocenters. The van der Waals surface area contributed by atoms with E-state index in [1.165, 1.54) is 19.6 Å². The summed E-state index contributed by atoms with van der Waals surface area (Å²) in [7, 11) is 1.53. The van der Waals surface area contributed by atoms with E-state index in [0.29, 0.717) is 65.0 Å². The number of ether oxygens (including phenoxy) is 4. The molecule has 3 aliphatic rings. The molecule has 2 aromatic heterocycles. The van der Waals surface area contributed by atoms with Crippen molar-refractivity contribution in [3.05, 3.63) is 47.7 Å². The predicted octanol–water partition coefficient (Wildman–Crippen LogP) is 8.15. The van der Waals surface area contributed by atoms with Crippen LogP contribution in [0.1, 0.15) is 78.2 Å². The summed E-state index contributed by atoms with van der Waals surface area (Å²) in [6.07, 6.45) is 9.23. The first-order chi connectivity index (χ1) is 26.5. The number of rotatable bonds is 11. The van der Waals surface area contributed by atoms with Crippen molar-refractivity contribution in [3.8, 4) is 23.0 Å². The van der Waals surface area contributed by atoms with Crippen molar-refractivity contribution in [1.82, 2.24) is 24.8 Å². The van der Waals surface area contributed by atoms with Crippen LogP contribution in [0.5, 0.6) is 11.8 Å². The Balaban J connectivity index is 1.21. The Kier molecular flexibility index (Phi) is 11.6. The summed E-state index contributed by atoms with van der Waals surface area (Å²) < 4.78 is 55.4. The standard InChI is InChI=1S/C42H54F2N6O5/c1-6-30-33(43)13-12-28-22-29(54-27-52-5)23-31(34(28)30)36-35(44)37-32(24-45-36)38(49-16-10-8-7-9-11-17-49)47-39(46-37)53-26-42(14-15-42)25-48-18-20-50(21-19-48)40(51)55-41(2,3)4/h12-13,22-24H,6-11,14-21,25-27H2,1-5H3. The molecule has 2 aliphatic heterocycles. The maximum atomic E-state index is 17.2. The lowest BCUT2D eigenvalue weighted by molar-refractivity contribution is 0.0119. The molecule has 11 nitrogen and oxygen atoms in total. The van der Waals surface area contributed by atoms with Crippen molar-refractivity contribution in [3.63, 3.8) is 0 Å². The van der Waals surface area contributed by atoms with Gasteiger partial charge in [-0.25, -0.2) is 13.6 Å². The minimum Gasteiger partial charge on any atom is -0.468 e. The van der Waals surface area contributed by atoms with Crippen LogP contribution in [0.25, 0.3) is 32.9 Å². The van der Waals surface area contributed by atoms with Gasteiger partial charge in [0.1, 0.15) is 34.2 Å². The summed E-state index contributed by atoms with van der Waals surface area (Å²) in [6, 6.07) is 6.73. The lowest BCUT2D eigenvalue weighted by Gasteiger charge is -2.37. The molecular formula is C42H54F2N6O5. The van der Waals surface area contributed by atoms with Gasteiger partial charge < -0.3 is 28.7 Å². The Morgan fingerprint density at radius 2 is 1.65 bits per heavy atom. The van der Waals surface area contributed by atoms with Crippen LogP contribution in [0.3, 0.4) is 0 Å². The van der Waals surface area contributed by atoms with Gasteiger partial charge in [-0.1, -0.05) is 32.3 Å². The summed E-state index contributed by atoms with van der Waals surface area (Å²) in [5.74, 6) is 0.0801. The first-order valence-corrected chi connectivity index (χ1v) is 19.8. The highest BCUT2D eigenvalue weighted by Gasteiger charge is 2.45. The fraction of sp³-hybridized carbons (Fsp3) is 0.571. The first kappa shape index (κ1) is 38.9. The van der Waals surface area contributed by atoms with E-state index in [0.717, 1.165) is 71.2 Å². The molecule has 1 aliphatic carbocycles. The maximum Gasteiger partial charge on any atom is 0.410 e. The van der Waals surface area contributed by atoms with Gasteiger partial charge in [0.25, 0.3) is 0 Å². The number of methoxy groups -OCH3 is 1. The number of fused-ring (bicyclic) bond motifs is 2. The molecule has 0 bridgehead atoms. The average Bonchev–Trinajstić information content (AvgIpc) is 3.91. The molecule has 1 saturated carbocycles. The fourth-order valence-electron chi connectivity index (χ4n) is 7.84. The van der Waals surface area contributed by atoms with E-state index in [2.05, 4.69) is 9.80 Å². The molecule has 0 atom stereocenters. The van der Waals surface area contributed by atoms with Crippen molar-refractivity contribution in [2.75, 3.05) is 71.2 Å². The van der Waals surface area contributed by atoms with Crippen molar-refractivity contribution >= 4 is 33.6 Å². The molecule has 296 valence electrons. The quantitative estimate of drug-likeness (QED) is 0.139. The zero-order chi connectivity index (χ0) is 38.7. The van der Waals surface area contributed by atoms with Gasteiger partial charge in [0.2, 0.25) is 0 Å². The molecule has 4 aromatic rings. The van der Waals surface area contributed by atoms with Crippen LogP contribution in [-0.4, -0.2) is 103 Å². The van der Waals surface area contributed by atoms with E-state index in [9.17, 15) is 4.79 Å². The van der Waals surface area contributed by atoms with Gasteiger partial charge >= 0.3 is 12.1 Å². The second-order valence-electron chi connectivity index (χ2n) is 16.3. The predicted molar refractivity (Wildman–Crippen MR) is 209 cm³/mol. The molecule has 0 spiro atoms. The van der Waals surface area contributed by atoms with E-state index in [1.54, 1.807) is 29.3 Å². The van der Waals surface area contributed by atoms with Gasteiger partial charge in [-0.05, 0) is 87.4 Å². The summed E-state index contributed by atoms with van der Waals surface area (Å²) in [5, 5.41) is 1.79. The van der Waals surface area contributed by atoms with Crippen molar-refractivity contribution in [2.24, 2.45) is 5.41 Å². The Morgan fingerprint density at radius 3 is 2.33 bits per heavy atom. The third-order valence-corrected chi connectivity index (χ3v) is 10.9. The third kappa shape index (κ3) is 8.88. The van der Waals surface area contributed by atoms with Gasteiger partial charge in [0.05, 0.1) is 12.0 Å². The molecule has 2 aromatic carbocycles. The van der Waals surface area contributed by atoms with E-state index in [4.69, 9.17) is 33.9 Å². The number of pyridine rings is 1. The molecule has 2 saturated heterocycles. The number of carbonyl (C=O) groups is 1. The molecular weight excluding hydrogens is 706 g/mol. The summed E-state index contributed by atoms with van der Waals surface area (Å²) in [4.78, 5) is 33.4. The highest BCUT2D eigenvalue weighted by Crippen LogP contribution is 2.47. The van der Waals surface area contributed by atoms with Crippen LogP contribution < -0.4 is 14.4 Å². The molecule has 1 amide bonds. The lowest BCUT2D eigenvalue weighted by atomic mass is 9.94. The molecule has 0 N–H and O–H groups in total. The lowest BCUT2D eigenvalue weighted by Crippen LogP contribution is -2.51. The summed E-state index contributed by atoms with van der Waals surface area (Å²) in [5.41, 5.74) is 0.447. The van der Waals surface area contributed by atoms with Gasteiger partial charge in [-0.2, -0.15) is 9.97 Å². The molecule has 0 radical (unpaired) electrons. The Hall–Kier alpha value is -4.36. The number of hydrogen-bond acceptors (Lipinski definition) is 10. The number of piperazine rings is 1. The molecule has 7 rings (SSSR count). The minimum absolute atomic E-state index is 0.00268. The van der Waals surface area contributed by atoms with E-state index >= 15 is 8.78 Å². The fourth-order valence-corrected chi connectivity index (χ4v) is 7.84. The van der Waals surface area contributed by atoms with Crippen molar-refractivity contribution < 1.29 is 32.5 Å². The smallest absolute Gasteiger partial charge is 0.410 e. The van der Waals surface area contributed by atoms with E-state index in [1.807, 2.05) is 27.7 Å². The van der Waals surface area contributed by atoms with Gasteiger partial charge in [0, 0.05) is 70.1 Å². The Morgan fingerprint density at radius 1 is 0.927 bits per heavy atom. The van der Waals surface area contributed by atoms with Crippen molar-refractivity contribution in [1.29, 1.82) is 0 Å². The highest BCUT2D eigenvalue weighted by molar-refractivity contribution is 6.01. The zero-order valence-electron chi connectivity index (χ0n) is 32.9. The highest BCUT2D eigenvalue weighted by atomic mass is 19.1. The maximum absolute atomic E-state index is 17.2. The zero-order valence-corrected chi connectivity index (χ0v) is 32.9. The number of aromatic nitrogens is 3. The number of carbonyl (C=O) groups excluding carboxylic acids is 1. The van der Waals surface area contributed by atoms with Crippen LogP contribution in [-0.2, 0) is 15.9 Å². The number of nitrogens with zero attached hydrogens (tertiary/aromatic N) is 6. The normalized spacial score (nSPS) is 17.9. The van der Waals surface area contributed by atoms with Crippen LogP contribution in [0.4, 0.5) is 19.4 Å². The molecule has 13 heteroatoms. The average molecular weight is 761 g/mol. The number of anilines is 1. The Labute approximate surface area is 322 Å². The van der Waals surface area contributed by atoms with Crippen LogP contribution >= 0.6 is 0 Å². The third-order valence-electron chi connectivity index (χ3n) is 10.9. The number of benzene rings is 2. The number of halogens is 2. The van der Waals surface area contributed by atoms with Gasteiger partial charge in [0.15, 0.2) is 12.6 Å². The largest absolute Gasteiger partial charge is 0.468 e. The first-order valence-electron chi connectivity index (χ1n) is 19.8. The van der Waals surface area contributed by atoms with Crippen LogP contribution in [0, 0.1) is 17.0 Å².